The summed E-state index contributed by atoms with van der Waals surface area (Å²) in [5.74, 6) is 0.653. The molecule has 0 aliphatic heterocycles. The number of aryl methyl sites for hydroxylation is 1. The number of nitrogens with two attached hydrogens (primary N) is 1. The molecule has 0 saturated heterocycles. The van der Waals surface area contributed by atoms with Gasteiger partial charge in [-0.1, -0.05) is 104 Å². The van der Waals surface area contributed by atoms with Gasteiger partial charge in [-0.25, -0.2) is 8.42 Å². The molecule has 0 unspecified atom stereocenters. The fourth-order valence-corrected chi connectivity index (χ4v) is 3.81. The molecule has 3 aromatic carbocycles. The molecule has 186 valence electrons. The van der Waals surface area contributed by atoms with E-state index in [1.807, 2.05) is 0 Å². The zero-order valence-electron chi connectivity index (χ0n) is 19.1. The maximum Gasteiger partial charge on any atom is 0.511 e. The normalized spacial score (nSPS) is 13.3. The average molecular weight is 580 g/mol. The minimum Gasteiger partial charge on any atom is -0.322 e. The van der Waals surface area contributed by atoms with Gasteiger partial charge in [0.1, 0.15) is 0 Å². The van der Waals surface area contributed by atoms with E-state index in [9.17, 15) is 21.6 Å². The third-order valence-electron chi connectivity index (χ3n) is 5.03. The largest absolute Gasteiger partial charge is 0.511 e. The number of sulfonamides is 1. The van der Waals surface area contributed by atoms with Crippen molar-refractivity contribution in [3.05, 3.63) is 107 Å². The molecular formula is C25H29F3N2O2RuS. The maximum atomic E-state index is 12.7. The van der Waals surface area contributed by atoms with Gasteiger partial charge in [0.15, 0.2) is 0 Å². The van der Waals surface area contributed by atoms with Crippen LogP contribution in [0.4, 0.5) is 13.2 Å². The molecule has 0 fully saturated rings. The van der Waals surface area contributed by atoms with Crippen molar-refractivity contribution in [2.45, 2.75) is 44.3 Å². The van der Waals surface area contributed by atoms with Gasteiger partial charge in [0.05, 0.1) is 12.1 Å². The summed E-state index contributed by atoms with van der Waals surface area (Å²) in [5, 5.41) is 0. The van der Waals surface area contributed by atoms with E-state index in [4.69, 9.17) is 5.73 Å². The van der Waals surface area contributed by atoms with Gasteiger partial charge < -0.3 is 5.73 Å². The number of nitrogens with one attached hydrogen (secondary N) is 1. The average Bonchev–Trinajstić information content (AvgIpc) is 2.78. The number of hydrogen-bond acceptors (Lipinski definition) is 3. The van der Waals surface area contributed by atoms with Crippen LogP contribution in [0.1, 0.15) is 54.1 Å². The first kappa shape index (κ1) is 30.0. The summed E-state index contributed by atoms with van der Waals surface area (Å²) in [6, 6.07) is 22.7. The molecule has 4 nitrogen and oxygen atoms in total. The summed E-state index contributed by atoms with van der Waals surface area (Å²) in [4.78, 5) is 0. The zero-order chi connectivity index (χ0) is 24.6. The molecule has 0 aliphatic rings. The third kappa shape index (κ3) is 8.62. The summed E-state index contributed by atoms with van der Waals surface area (Å²) in [7, 11) is -5.53. The van der Waals surface area contributed by atoms with Crippen molar-refractivity contribution in [3.63, 3.8) is 0 Å². The van der Waals surface area contributed by atoms with E-state index in [1.165, 1.54) is 23.3 Å². The Morgan fingerprint density at radius 3 is 1.62 bits per heavy atom. The molecule has 0 saturated carbocycles. The van der Waals surface area contributed by atoms with Gasteiger partial charge in [0.25, 0.3) is 0 Å². The van der Waals surface area contributed by atoms with Crippen LogP contribution < -0.4 is 10.5 Å². The fourth-order valence-electron chi connectivity index (χ4n) is 3.06. The van der Waals surface area contributed by atoms with E-state index in [1.54, 1.807) is 53.3 Å². The second kappa shape index (κ2) is 13.1. The van der Waals surface area contributed by atoms with Crippen molar-refractivity contribution in [2.75, 3.05) is 0 Å². The van der Waals surface area contributed by atoms with Crippen LogP contribution in [0.3, 0.4) is 0 Å². The van der Waals surface area contributed by atoms with Crippen molar-refractivity contribution in [1.82, 2.24) is 4.72 Å². The molecule has 34 heavy (non-hydrogen) atoms. The Morgan fingerprint density at radius 2 is 1.21 bits per heavy atom. The third-order valence-corrected chi connectivity index (χ3v) is 6.21. The minimum absolute atomic E-state index is 0. The molecule has 3 rings (SSSR count). The van der Waals surface area contributed by atoms with E-state index in [2.05, 4.69) is 45.0 Å². The fraction of sp³-hybridized carbons (Fsp3) is 0.280. The zero-order valence-corrected chi connectivity index (χ0v) is 21.7. The second-order valence-electron chi connectivity index (χ2n) is 7.96. The first-order chi connectivity index (χ1) is 15.4. The Bertz CT molecular complexity index is 1090. The smallest absolute Gasteiger partial charge is 0.322 e. The van der Waals surface area contributed by atoms with Crippen LogP contribution in [-0.2, 0) is 29.5 Å². The topological polar surface area (TPSA) is 72.2 Å². The minimum atomic E-state index is -5.53. The second-order valence-corrected chi connectivity index (χ2v) is 9.66. The molecule has 0 aliphatic carbocycles. The van der Waals surface area contributed by atoms with Gasteiger partial charge >= 0.3 is 15.5 Å². The molecule has 2 atom stereocenters. The van der Waals surface area contributed by atoms with Crippen LogP contribution in [0.5, 0.6) is 0 Å². The SMILES string of the molecule is Cc1ccc(C(C)C)cc1.N[C@H](c1ccccc1)[C@H](NS(=O)(=O)C(F)(F)F)c1ccccc1.[Ru]. The molecular weight excluding hydrogens is 550 g/mol. The number of halogens is 3. The standard InChI is InChI=1S/C15H15F3N2O2S.C10H14.Ru/c16-15(17,18)23(21,22)20-14(12-9-5-2-6-10-12)13(19)11-7-3-1-4-8-11;1-8(2)10-6-4-9(3)5-7-10;/h1-10,13-14,20H,19H2;4-8H,1-3H3;/t13-,14-;;/m1../s1. The van der Waals surface area contributed by atoms with E-state index in [0.717, 1.165) is 0 Å². The molecule has 3 N–H and O–H groups in total. The van der Waals surface area contributed by atoms with Crippen LogP contribution in [0, 0.1) is 6.92 Å². The maximum absolute atomic E-state index is 12.7. The summed E-state index contributed by atoms with van der Waals surface area (Å²) in [6.07, 6.45) is 0. The monoisotopic (exact) mass is 580 g/mol. The Labute approximate surface area is 212 Å². The number of rotatable bonds is 6. The Morgan fingerprint density at radius 1 is 0.765 bits per heavy atom. The first-order valence-electron chi connectivity index (χ1n) is 10.4. The molecule has 0 radical (unpaired) electrons. The Balaban J connectivity index is 0.000000442. The predicted molar refractivity (Wildman–Crippen MR) is 126 cm³/mol. The predicted octanol–water partition coefficient (Wildman–Crippen LogP) is 5.98. The van der Waals surface area contributed by atoms with Gasteiger partial charge in [0, 0.05) is 19.5 Å². The van der Waals surface area contributed by atoms with Crippen LogP contribution in [-0.4, -0.2) is 13.9 Å². The molecule has 3 aromatic rings. The van der Waals surface area contributed by atoms with Crippen LogP contribution >= 0.6 is 0 Å². The molecule has 0 bridgehead atoms. The summed E-state index contributed by atoms with van der Waals surface area (Å²) >= 11 is 0. The molecule has 0 heterocycles. The van der Waals surface area contributed by atoms with Gasteiger partial charge in [-0.05, 0) is 29.5 Å². The summed E-state index contributed by atoms with van der Waals surface area (Å²) < 4.78 is 62.7. The number of alkyl halides is 3. The van der Waals surface area contributed by atoms with Crippen LogP contribution in [0.2, 0.25) is 0 Å². The Hall–Kier alpha value is -2.06. The van der Waals surface area contributed by atoms with E-state index in [0.29, 0.717) is 17.0 Å². The van der Waals surface area contributed by atoms with Crippen molar-refractivity contribution < 1.29 is 41.1 Å². The number of hydrogen-bond donors (Lipinski definition) is 2. The van der Waals surface area contributed by atoms with Gasteiger partial charge in [-0.15, -0.1) is 0 Å². The first-order valence-corrected chi connectivity index (χ1v) is 11.9. The quantitative estimate of drug-likeness (QED) is 0.353. The van der Waals surface area contributed by atoms with Crippen molar-refractivity contribution in [1.29, 1.82) is 0 Å². The van der Waals surface area contributed by atoms with Gasteiger partial charge in [-0.2, -0.15) is 17.9 Å². The van der Waals surface area contributed by atoms with Crippen molar-refractivity contribution in [2.24, 2.45) is 5.73 Å². The molecule has 0 amide bonds. The summed E-state index contributed by atoms with van der Waals surface area (Å²) in [6.45, 7) is 6.54. The van der Waals surface area contributed by atoms with Crippen molar-refractivity contribution in [3.8, 4) is 0 Å². The van der Waals surface area contributed by atoms with E-state index in [-0.39, 0.29) is 19.5 Å². The van der Waals surface area contributed by atoms with Gasteiger partial charge in [0.2, 0.25) is 0 Å². The number of benzene rings is 3. The molecule has 9 heteroatoms. The Kier molecular flexibility index (Phi) is 11.6. The van der Waals surface area contributed by atoms with Crippen LogP contribution in [0.25, 0.3) is 0 Å². The van der Waals surface area contributed by atoms with Crippen molar-refractivity contribution >= 4 is 10.0 Å². The van der Waals surface area contributed by atoms with E-state index < -0.39 is 27.6 Å². The van der Waals surface area contributed by atoms with Gasteiger partial charge in [-0.3, -0.25) is 0 Å². The molecule has 0 aromatic heterocycles. The van der Waals surface area contributed by atoms with E-state index >= 15 is 0 Å². The van der Waals surface area contributed by atoms with Crippen LogP contribution in [0.15, 0.2) is 84.9 Å². The molecule has 0 spiro atoms. The summed E-state index contributed by atoms with van der Waals surface area (Å²) in [5.41, 5.74) is 4.24.